The number of hydrogen-bond donors (Lipinski definition) is 1. The molecular weight excluding hydrogens is 450 g/mol. The highest BCUT2D eigenvalue weighted by Gasteiger charge is 2.28. The highest BCUT2D eigenvalue weighted by atomic mass is 16.5. The van der Waals surface area contributed by atoms with Gasteiger partial charge in [-0.15, -0.1) is 5.10 Å². The van der Waals surface area contributed by atoms with Crippen LogP contribution in [0.3, 0.4) is 0 Å². The van der Waals surface area contributed by atoms with Crippen molar-refractivity contribution in [2.45, 2.75) is 52.2 Å². The fourth-order valence-electron chi connectivity index (χ4n) is 4.25. The van der Waals surface area contributed by atoms with Crippen LogP contribution in [0.15, 0.2) is 24.4 Å². The number of carboxylic acids is 1. The topological polar surface area (TPSA) is 128 Å². The normalized spacial score (nSPS) is 17.7. The van der Waals surface area contributed by atoms with E-state index in [9.17, 15) is 9.90 Å². The van der Waals surface area contributed by atoms with Crippen molar-refractivity contribution in [2.75, 3.05) is 18.6 Å². The Morgan fingerprint density at radius 3 is 2.83 bits per heavy atom. The lowest BCUT2D eigenvalue weighted by molar-refractivity contribution is -0.143. The van der Waals surface area contributed by atoms with Gasteiger partial charge in [0, 0.05) is 26.4 Å². The Bertz CT molecular complexity index is 1180. The van der Waals surface area contributed by atoms with Crippen LogP contribution in [0.5, 0.6) is 11.6 Å². The molecule has 1 saturated carbocycles. The van der Waals surface area contributed by atoms with Gasteiger partial charge in [0.1, 0.15) is 11.4 Å². The SMILES string of the molecule is CCOc1ccnc(N(C)Cc2c(-c3ccc(O[C@H]4CCC[C@H](C(=O)O)C4)c(C)n3)nnn2C)n1. The first-order valence-corrected chi connectivity index (χ1v) is 11.8. The maximum absolute atomic E-state index is 11.4. The smallest absolute Gasteiger partial charge is 0.306 e. The summed E-state index contributed by atoms with van der Waals surface area (Å²) in [7, 11) is 3.73. The third-order valence-electron chi connectivity index (χ3n) is 6.13. The van der Waals surface area contributed by atoms with Gasteiger partial charge in [-0.2, -0.15) is 4.98 Å². The molecule has 0 unspecified atom stereocenters. The molecule has 1 aliphatic rings. The van der Waals surface area contributed by atoms with Crippen LogP contribution < -0.4 is 14.4 Å². The predicted octanol–water partition coefficient (Wildman–Crippen LogP) is 3.03. The van der Waals surface area contributed by atoms with Crippen LogP contribution in [-0.4, -0.2) is 60.8 Å². The Kier molecular flexibility index (Phi) is 7.42. The van der Waals surface area contributed by atoms with Gasteiger partial charge in [-0.25, -0.2) is 14.6 Å². The van der Waals surface area contributed by atoms with Crippen LogP contribution in [-0.2, 0) is 18.4 Å². The Labute approximate surface area is 204 Å². The molecule has 1 fully saturated rings. The molecule has 1 N–H and O–H groups in total. The molecule has 11 heteroatoms. The Morgan fingerprint density at radius 2 is 2.09 bits per heavy atom. The summed E-state index contributed by atoms with van der Waals surface area (Å²) in [6.07, 6.45) is 4.46. The zero-order valence-electron chi connectivity index (χ0n) is 20.5. The first-order chi connectivity index (χ1) is 16.9. The van der Waals surface area contributed by atoms with Crippen LogP contribution in [0.2, 0.25) is 0 Å². The quantitative estimate of drug-likeness (QED) is 0.487. The summed E-state index contributed by atoms with van der Waals surface area (Å²) in [5, 5.41) is 17.9. The Balaban J connectivity index is 1.51. The van der Waals surface area contributed by atoms with Crippen molar-refractivity contribution in [1.82, 2.24) is 29.9 Å². The minimum atomic E-state index is -0.751. The zero-order chi connectivity index (χ0) is 24.9. The largest absolute Gasteiger partial charge is 0.489 e. The summed E-state index contributed by atoms with van der Waals surface area (Å²) in [5.74, 6) is 0.613. The van der Waals surface area contributed by atoms with Crippen molar-refractivity contribution in [1.29, 1.82) is 0 Å². The molecule has 3 aromatic heterocycles. The second kappa shape index (κ2) is 10.7. The molecule has 0 spiro atoms. The summed E-state index contributed by atoms with van der Waals surface area (Å²) in [6.45, 7) is 4.78. The van der Waals surface area contributed by atoms with Crippen LogP contribution in [0, 0.1) is 12.8 Å². The number of rotatable bonds is 9. The number of ether oxygens (including phenoxy) is 2. The molecule has 11 nitrogen and oxygen atoms in total. The van der Waals surface area contributed by atoms with Crippen molar-refractivity contribution in [3.05, 3.63) is 35.8 Å². The summed E-state index contributed by atoms with van der Waals surface area (Å²) >= 11 is 0. The number of carboxylic acid groups (broad SMARTS) is 1. The minimum Gasteiger partial charge on any atom is -0.489 e. The third-order valence-corrected chi connectivity index (χ3v) is 6.13. The molecule has 0 bridgehead atoms. The molecule has 0 saturated heterocycles. The molecule has 0 radical (unpaired) electrons. The molecule has 3 heterocycles. The van der Waals surface area contributed by atoms with E-state index in [-0.39, 0.29) is 12.0 Å². The van der Waals surface area contributed by atoms with E-state index in [1.165, 1.54) is 0 Å². The molecule has 35 heavy (non-hydrogen) atoms. The van der Waals surface area contributed by atoms with Crippen molar-refractivity contribution in [2.24, 2.45) is 13.0 Å². The van der Waals surface area contributed by atoms with Gasteiger partial charge in [-0.3, -0.25) is 4.79 Å². The summed E-state index contributed by atoms with van der Waals surface area (Å²) in [5.41, 5.74) is 2.92. The van der Waals surface area contributed by atoms with Crippen LogP contribution in [0.4, 0.5) is 5.95 Å². The van der Waals surface area contributed by atoms with Crippen molar-refractivity contribution in [3.63, 3.8) is 0 Å². The molecule has 4 rings (SSSR count). The van der Waals surface area contributed by atoms with Gasteiger partial charge in [-0.1, -0.05) is 5.21 Å². The van der Waals surface area contributed by atoms with Gasteiger partial charge in [0.2, 0.25) is 11.8 Å². The first kappa shape index (κ1) is 24.4. The minimum absolute atomic E-state index is 0.121. The molecule has 3 aromatic rings. The summed E-state index contributed by atoms with van der Waals surface area (Å²) in [4.78, 5) is 26.8. The average molecular weight is 482 g/mol. The maximum Gasteiger partial charge on any atom is 0.306 e. The van der Waals surface area contributed by atoms with E-state index >= 15 is 0 Å². The van der Waals surface area contributed by atoms with Crippen molar-refractivity contribution < 1.29 is 19.4 Å². The maximum atomic E-state index is 11.4. The monoisotopic (exact) mass is 481 g/mol. The highest BCUT2D eigenvalue weighted by Crippen LogP contribution is 2.30. The van der Waals surface area contributed by atoms with Gasteiger partial charge in [-0.05, 0) is 51.7 Å². The van der Waals surface area contributed by atoms with E-state index in [4.69, 9.17) is 14.5 Å². The summed E-state index contributed by atoms with van der Waals surface area (Å²) < 4.78 is 13.3. The number of carbonyl (C=O) groups is 1. The molecule has 1 aliphatic carbocycles. The number of aryl methyl sites for hydroxylation is 2. The Morgan fingerprint density at radius 1 is 1.26 bits per heavy atom. The molecule has 2 atom stereocenters. The molecular formula is C24H31N7O4. The van der Waals surface area contributed by atoms with Gasteiger partial charge in [0.25, 0.3) is 0 Å². The molecule has 0 amide bonds. The standard InChI is InChI=1S/C24H31N7O4/c1-5-34-21-11-12-25-24(27-21)30(3)14-19-22(28-29-31(19)4)18-9-10-20(15(2)26-18)35-17-8-6-7-16(13-17)23(32)33/h9-12,16-17H,5-8,13-14H2,1-4H3,(H,32,33)/t16-,17-/m0/s1. The molecule has 0 aliphatic heterocycles. The molecule has 186 valence electrons. The van der Waals surface area contributed by atoms with Crippen molar-refractivity contribution >= 4 is 11.9 Å². The summed E-state index contributed by atoms with van der Waals surface area (Å²) in [6, 6.07) is 5.46. The van der Waals surface area contributed by atoms with Crippen molar-refractivity contribution in [3.8, 4) is 23.0 Å². The number of aliphatic carboxylic acids is 1. The average Bonchev–Trinajstić information content (AvgIpc) is 3.21. The fourth-order valence-corrected chi connectivity index (χ4v) is 4.25. The lowest BCUT2D eigenvalue weighted by atomic mass is 9.87. The fraction of sp³-hybridized carbons (Fsp3) is 0.500. The van der Waals surface area contributed by atoms with E-state index in [0.717, 1.165) is 24.2 Å². The third kappa shape index (κ3) is 5.67. The van der Waals surface area contributed by atoms with E-state index in [1.807, 2.05) is 45.0 Å². The number of hydrogen-bond acceptors (Lipinski definition) is 9. The van der Waals surface area contributed by atoms with Gasteiger partial charge in [0.15, 0.2) is 0 Å². The van der Waals surface area contributed by atoms with Gasteiger partial charge in [0.05, 0.1) is 42.3 Å². The number of aromatic nitrogens is 6. The number of pyridine rings is 1. The number of anilines is 1. The van der Waals surface area contributed by atoms with E-state index in [0.29, 0.717) is 55.0 Å². The van der Waals surface area contributed by atoms with Gasteiger partial charge >= 0.3 is 5.97 Å². The first-order valence-electron chi connectivity index (χ1n) is 11.8. The Hall–Kier alpha value is -3.76. The zero-order valence-corrected chi connectivity index (χ0v) is 20.5. The van der Waals surface area contributed by atoms with Crippen LogP contribution in [0.25, 0.3) is 11.4 Å². The van der Waals surface area contributed by atoms with Crippen LogP contribution >= 0.6 is 0 Å². The van der Waals surface area contributed by atoms with E-state index in [2.05, 4.69) is 20.3 Å². The second-order valence-electron chi connectivity index (χ2n) is 8.71. The van der Waals surface area contributed by atoms with E-state index in [1.54, 1.807) is 16.9 Å². The van der Waals surface area contributed by atoms with E-state index < -0.39 is 5.97 Å². The predicted molar refractivity (Wildman–Crippen MR) is 128 cm³/mol. The van der Waals surface area contributed by atoms with Gasteiger partial charge < -0.3 is 19.5 Å². The number of nitrogens with zero attached hydrogens (tertiary/aromatic N) is 7. The second-order valence-corrected chi connectivity index (χ2v) is 8.71. The lowest BCUT2D eigenvalue weighted by Gasteiger charge is -2.27. The lowest BCUT2D eigenvalue weighted by Crippen LogP contribution is -2.29. The van der Waals surface area contributed by atoms with Crippen LogP contribution in [0.1, 0.15) is 44.0 Å². The molecule has 0 aromatic carbocycles. The highest BCUT2D eigenvalue weighted by molar-refractivity contribution is 5.70.